The Balaban J connectivity index is 1.85. The maximum Gasteiger partial charge on any atom is 0.339 e. The van der Waals surface area contributed by atoms with Crippen molar-refractivity contribution in [2.75, 3.05) is 6.54 Å². The molecule has 0 saturated carbocycles. The van der Waals surface area contributed by atoms with Crippen molar-refractivity contribution in [2.24, 2.45) is 0 Å². The standard InChI is InChI=1S/C21H21FN2O5S/c1-2-23-21(25)24(15-18-7-5-13-28-18)14-16-6-3-4-8-20(16)29-30(26,27)19-11-9-17(22)10-12-19/h3-13H,2,14-15H2,1H3,(H,23,25). The summed E-state index contributed by atoms with van der Waals surface area (Å²) < 4.78 is 48.9. The summed E-state index contributed by atoms with van der Waals surface area (Å²) in [5.74, 6) is 0.110. The number of hydrogen-bond donors (Lipinski definition) is 1. The van der Waals surface area contributed by atoms with Gasteiger partial charge >= 0.3 is 16.1 Å². The van der Waals surface area contributed by atoms with Crippen LogP contribution in [0, 0.1) is 5.82 Å². The van der Waals surface area contributed by atoms with Crippen LogP contribution in [-0.2, 0) is 23.2 Å². The number of nitrogens with zero attached hydrogens (tertiary/aromatic N) is 1. The summed E-state index contributed by atoms with van der Waals surface area (Å²) in [6, 6.07) is 14.0. The molecule has 0 aliphatic carbocycles. The number of para-hydroxylation sites is 1. The van der Waals surface area contributed by atoms with E-state index in [0.717, 1.165) is 24.3 Å². The first kappa shape index (κ1) is 21.4. The van der Waals surface area contributed by atoms with Crippen molar-refractivity contribution in [1.82, 2.24) is 10.2 Å². The molecule has 0 atom stereocenters. The first-order chi connectivity index (χ1) is 14.4. The van der Waals surface area contributed by atoms with Gasteiger partial charge in [0.15, 0.2) is 0 Å². The zero-order valence-electron chi connectivity index (χ0n) is 16.2. The quantitative estimate of drug-likeness (QED) is 0.545. The second-order valence-electron chi connectivity index (χ2n) is 6.37. The molecule has 2 amide bonds. The highest BCUT2D eigenvalue weighted by molar-refractivity contribution is 7.87. The van der Waals surface area contributed by atoms with Crippen LogP contribution in [0.25, 0.3) is 0 Å². The lowest BCUT2D eigenvalue weighted by Gasteiger charge is -2.23. The summed E-state index contributed by atoms with van der Waals surface area (Å²) in [4.78, 5) is 13.8. The summed E-state index contributed by atoms with van der Waals surface area (Å²) in [5, 5.41) is 2.73. The predicted octanol–water partition coefficient (Wildman–Crippen LogP) is 3.92. The van der Waals surface area contributed by atoms with Crippen molar-refractivity contribution in [1.29, 1.82) is 0 Å². The van der Waals surface area contributed by atoms with Crippen LogP contribution < -0.4 is 9.50 Å². The molecule has 3 aromatic rings. The average molecular weight is 432 g/mol. The smallest absolute Gasteiger partial charge is 0.339 e. The molecule has 7 nitrogen and oxygen atoms in total. The van der Waals surface area contributed by atoms with Gasteiger partial charge in [0.2, 0.25) is 0 Å². The molecule has 0 unspecified atom stereocenters. The van der Waals surface area contributed by atoms with E-state index < -0.39 is 15.9 Å². The van der Waals surface area contributed by atoms with Crippen molar-refractivity contribution in [3.05, 3.63) is 84.1 Å². The van der Waals surface area contributed by atoms with Gasteiger partial charge in [-0.3, -0.25) is 0 Å². The maximum atomic E-state index is 13.1. The molecule has 1 heterocycles. The molecule has 9 heteroatoms. The number of benzene rings is 2. The van der Waals surface area contributed by atoms with E-state index in [1.165, 1.54) is 17.2 Å². The van der Waals surface area contributed by atoms with Crippen molar-refractivity contribution < 1.29 is 26.2 Å². The lowest BCUT2D eigenvalue weighted by Crippen LogP contribution is -2.39. The maximum absolute atomic E-state index is 13.1. The fraction of sp³-hybridized carbons (Fsp3) is 0.190. The molecule has 30 heavy (non-hydrogen) atoms. The third-order valence-electron chi connectivity index (χ3n) is 4.18. The van der Waals surface area contributed by atoms with Gasteiger partial charge < -0.3 is 18.8 Å². The number of urea groups is 1. The van der Waals surface area contributed by atoms with Gasteiger partial charge in [0.1, 0.15) is 22.2 Å². The van der Waals surface area contributed by atoms with Crippen LogP contribution in [0.2, 0.25) is 0 Å². The minimum absolute atomic E-state index is 0.0792. The molecular weight excluding hydrogens is 411 g/mol. The Labute approximate surface area is 174 Å². The van der Waals surface area contributed by atoms with E-state index in [2.05, 4.69) is 5.32 Å². The van der Waals surface area contributed by atoms with Gasteiger partial charge in [-0.2, -0.15) is 8.42 Å². The van der Waals surface area contributed by atoms with Crippen LogP contribution in [0.15, 0.2) is 76.2 Å². The van der Waals surface area contributed by atoms with Gasteiger partial charge in [-0.1, -0.05) is 18.2 Å². The molecule has 158 valence electrons. The van der Waals surface area contributed by atoms with E-state index in [1.54, 1.807) is 37.3 Å². The second-order valence-corrected chi connectivity index (χ2v) is 7.92. The fourth-order valence-corrected chi connectivity index (χ4v) is 3.71. The zero-order chi connectivity index (χ0) is 21.6. The molecule has 0 saturated heterocycles. The second kappa shape index (κ2) is 9.45. The van der Waals surface area contributed by atoms with Gasteiger partial charge in [0.25, 0.3) is 0 Å². The lowest BCUT2D eigenvalue weighted by molar-refractivity contribution is 0.187. The van der Waals surface area contributed by atoms with Crippen molar-refractivity contribution in [3.8, 4) is 5.75 Å². The van der Waals surface area contributed by atoms with Crippen molar-refractivity contribution in [3.63, 3.8) is 0 Å². The number of carbonyl (C=O) groups excluding carboxylic acids is 1. The molecule has 2 aromatic carbocycles. The Morgan fingerprint density at radius 2 is 1.80 bits per heavy atom. The molecule has 1 aromatic heterocycles. The highest BCUT2D eigenvalue weighted by Crippen LogP contribution is 2.25. The van der Waals surface area contributed by atoms with E-state index in [9.17, 15) is 17.6 Å². The molecule has 3 rings (SSSR count). The lowest BCUT2D eigenvalue weighted by atomic mass is 10.2. The number of furan rings is 1. The summed E-state index contributed by atoms with van der Waals surface area (Å²) in [5.41, 5.74) is 0.487. The van der Waals surface area contributed by atoms with Crippen LogP contribution in [0.5, 0.6) is 5.75 Å². The molecule has 0 bridgehead atoms. The molecule has 0 fully saturated rings. The van der Waals surface area contributed by atoms with Gasteiger partial charge in [0.05, 0.1) is 19.4 Å². The number of carbonyl (C=O) groups is 1. The topological polar surface area (TPSA) is 88.8 Å². The monoisotopic (exact) mass is 432 g/mol. The summed E-state index contributed by atoms with van der Waals surface area (Å²) in [7, 11) is -4.17. The van der Waals surface area contributed by atoms with Crippen molar-refractivity contribution >= 4 is 16.1 Å². The fourth-order valence-electron chi connectivity index (χ4n) is 2.74. The molecule has 1 N–H and O–H groups in total. The highest BCUT2D eigenvalue weighted by Gasteiger charge is 2.21. The predicted molar refractivity (Wildman–Crippen MR) is 108 cm³/mol. The average Bonchev–Trinajstić information content (AvgIpc) is 3.22. The first-order valence-electron chi connectivity index (χ1n) is 9.22. The number of nitrogens with one attached hydrogen (secondary N) is 1. The van der Waals surface area contributed by atoms with Gasteiger partial charge in [-0.15, -0.1) is 0 Å². The zero-order valence-corrected chi connectivity index (χ0v) is 17.1. The van der Waals surface area contributed by atoms with E-state index >= 15 is 0 Å². The summed E-state index contributed by atoms with van der Waals surface area (Å²) >= 11 is 0. The highest BCUT2D eigenvalue weighted by atomic mass is 32.2. The first-order valence-corrected chi connectivity index (χ1v) is 10.6. The van der Waals surface area contributed by atoms with E-state index in [1.807, 2.05) is 0 Å². The largest absolute Gasteiger partial charge is 0.467 e. The van der Waals surface area contributed by atoms with Crippen LogP contribution in [-0.4, -0.2) is 25.9 Å². The van der Waals surface area contributed by atoms with Crippen LogP contribution >= 0.6 is 0 Å². The minimum atomic E-state index is -4.17. The Kier molecular flexibility index (Phi) is 6.73. The van der Waals surface area contributed by atoms with Crippen molar-refractivity contribution in [2.45, 2.75) is 24.9 Å². The Bertz CT molecular complexity index is 1080. The van der Waals surface area contributed by atoms with Crippen LogP contribution in [0.1, 0.15) is 18.2 Å². The normalized spacial score (nSPS) is 11.1. The summed E-state index contributed by atoms with van der Waals surface area (Å²) in [6.07, 6.45) is 1.51. The third kappa shape index (κ3) is 5.38. The number of hydrogen-bond acceptors (Lipinski definition) is 5. The van der Waals surface area contributed by atoms with Gasteiger partial charge in [-0.05, 0) is 49.4 Å². The van der Waals surface area contributed by atoms with E-state index in [0.29, 0.717) is 17.9 Å². The number of amides is 2. The Morgan fingerprint density at radius 1 is 1.07 bits per heavy atom. The third-order valence-corrected chi connectivity index (χ3v) is 5.43. The molecular formula is C21H21FN2O5S. The molecule has 0 spiro atoms. The van der Waals surface area contributed by atoms with E-state index in [4.69, 9.17) is 8.60 Å². The van der Waals surface area contributed by atoms with Gasteiger partial charge in [0, 0.05) is 12.1 Å². The van der Waals surface area contributed by atoms with E-state index in [-0.39, 0.29) is 29.8 Å². The van der Waals surface area contributed by atoms with Crippen LogP contribution in [0.4, 0.5) is 9.18 Å². The van der Waals surface area contributed by atoms with Gasteiger partial charge in [-0.25, -0.2) is 9.18 Å². The Morgan fingerprint density at radius 3 is 2.47 bits per heavy atom. The molecule has 0 radical (unpaired) electrons. The SMILES string of the molecule is CCNC(=O)N(Cc1ccco1)Cc1ccccc1OS(=O)(=O)c1ccc(F)cc1. The van der Waals surface area contributed by atoms with Crippen LogP contribution in [0.3, 0.4) is 0 Å². The summed E-state index contributed by atoms with van der Waals surface area (Å²) in [6.45, 7) is 2.51. The molecule has 0 aliphatic rings. The number of rotatable bonds is 8. The molecule has 0 aliphatic heterocycles. The minimum Gasteiger partial charge on any atom is -0.467 e. The Hall–Kier alpha value is -3.33. The number of halogens is 1.